The minimum absolute atomic E-state index is 0.193. The second kappa shape index (κ2) is 4.88. The van der Waals surface area contributed by atoms with Gasteiger partial charge in [0.25, 0.3) is 0 Å². The molecule has 1 aliphatic rings. The molecule has 4 nitrogen and oxygen atoms in total. The number of fused-ring (bicyclic) bond motifs is 1. The fourth-order valence-corrected chi connectivity index (χ4v) is 2.42. The highest BCUT2D eigenvalue weighted by Crippen LogP contribution is 2.34. The quantitative estimate of drug-likeness (QED) is 0.826. The third-order valence-corrected chi connectivity index (χ3v) is 3.25. The summed E-state index contributed by atoms with van der Waals surface area (Å²) in [6.07, 6.45) is 5.48. The maximum Gasteiger partial charge on any atom is 0.143 e. The van der Waals surface area contributed by atoms with Gasteiger partial charge in [-0.05, 0) is 31.5 Å². The second-order valence-corrected chi connectivity index (χ2v) is 5.03. The predicted octanol–water partition coefficient (Wildman–Crippen LogP) is 2.57. The monoisotopic (exact) mass is 255 g/mol. The van der Waals surface area contributed by atoms with Gasteiger partial charge in [-0.25, -0.2) is 9.97 Å². The summed E-state index contributed by atoms with van der Waals surface area (Å²) >= 11 is 0. The van der Waals surface area contributed by atoms with Crippen LogP contribution in [0.1, 0.15) is 18.1 Å². The molecule has 2 heterocycles. The first-order valence-electron chi connectivity index (χ1n) is 6.48. The first-order chi connectivity index (χ1) is 9.22. The van der Waals surface area contributed by atoms with Crippen molar-refractivity contribution in [3.63, 3.8) is 0 Å². The standard InChI is InChI=1S/C15H17N3O/c1-11-3-4-14-15(5-11)19-12(2)8-18(14)9-13-6-16-10-17-7-13/h3-7,10,12H,8-9H2,1-2H3/t12-/m0/s1. The molecular weight excluding hydrogens is 238 g/mol. The van der Waals surface area contributed by atoms with Crippen LogP contribution in [0, 0.1) is 6.92 Å². The minimum Gasteiger partial charge on any atom is -0.487 e. The summed E-state index contributed by atoms with van der Waals surface area (Å²) in [6, 6.07) is 6.34. The SMILES string of the molecule is Cc1ccc2c(c1)O[C@@H](C)CN2Cc1cncnc1. The molecule has 19 heavy (non-hydrogen) atoms. The van der Waals surface area contributed by atoms with Crippen LogP contribution >= 0.6 is 0 Å². The van der Waals surface area contributed by atoms with Crippen LogP contribution in [0.3, 0.4) is 0 Å². The lowest BCUT2D eigenvalue weighted by atomic mass is 10.1. The number of nitrogens with zero attached hydrogens (tertiary/aromatic N) is 3. The van der Waals surface area contributed by atoms with Gasteiger partial charge in [0, 0.05) is 24.5 Å². The molecule has 0 radical (unpaired) electrons. The van der Waals surface area contributed by atoms with Crippen molar-refractivity contribution in [2.24, 2.45) is 0 Å². The van der Waals surface area contributed by atoms with E-state index in [1.165, 1.54) is 5.56 Å². The van der Waals surface area contributed by atoms with Crippen LogP contribution in [0.15, 0.2) is 36.9 Å². The molecule has 1 aromatic heterocycles. The van der Waals surface area contributed by atoms with E-state index in [0.29, 0.717) is 0 Å². The van der Waals surface area contributed by atoms with Crippen molar-refractivity contribution in [1.82, 2.24) is 9.97 Å². The maximum absolute atomic E-state index is 5.91. The van der Waals surface area contributed by atoms with E-state index in [-0.39, 0.29) is 6.10 Å². The number of aryl methyl sites for hydroxylation is 1. The van der Waals surface area contributed by atoms with E-state index >= 15 is 0 Å². The minimum atomic E-state index is 0.193. The number of anilines is 1. The lowest BCUT2D eigenvalue weighted by molar-refractivity contribution is 0.212. The Morgan fingerprint density at radius 3 is 2.89 bits per heavy atom. The summed E-state index contributed by atoms with van der Waals surface area (Å²) in [7, 11) is 0. The third kappa shape index (κ3) is 2.52. The van der Waals surface area contributed by atoms with Crippen LogP contribution in [0.2, 0.25) is 0 Å². The number of hydrogen-bond donors (Lipinski definition) is 0. The fraction of sp³-hybridized carbons (Fsp3) is 0.333. The van der Waals surface area contributed by atoms with Crippen molar-refractivity contribution < 1.29 is 4.74 Å². The molecule has 3 rings (SSSR count). The summed E-state index contributed by atoms with van der Waals surface area (Å²) in [6.45, 7) is 5.87. The molecular formula is C15H17N3O. The first-order valence-corrected chi connectivity index (χ1v) is 6.48. The van der Waals surface area contributed by atoms with E-state index < -0.39 is 0 Å². The molecule has 1 aromatic carbocycles. The van der Waals surface area contributed by atoms with Crippen LogP contribution in [0.4, 0.5) is 5.69 Å². The van der Waals surface area contributed by atoms with Crippen molar-refractivity contribution >= 4 is 5.69 Å². The van der Waals surface area contributed by atoms with E-state index in [1.54, 1.807) is 6.33 Å². The Kier molecular flexibility index (Phi) is 3.07. The molecule has 0 saturated heterocycles. The molecule has 0 aliphatic carbocycles. The summed E-state index contributed by atoms with van der Waals surface area (Å²) in [5, 5.41) is 0. The van der Waals surface area contributed by atoms with Crippen LogP contribution in [0.25, 0.3) is 0 Å². The molecule has 1 atom stereocenters. The van der Waals surface area contributed by atoms with Crippen LogP contribution in [-0.4, -0.2) is 22.6 Å². The van der Waals surface area contributed by atoms with Crippen LogP contribution in [0.5, 0.6) is 5.75 Å². The fourth-order valence-electron chi connectivity index (χ4n) is 2.42. The van der Waals surface area contributed by atoms with Gasteiger partial charge in [0.05, 0.1) is 12.2 Å². The average molecular weight is 255 g/mol. The Balaban J connectivity index is 1.91. The first kappa shape index (κ1) is 12.0. The van der Waals surface area contributed by atoms with Crippen molar-refractivity contribution in [3.05, 3.63) is 48.0 Å². The molecule has 0 spiro atoms. The number of hydrogen-bond acceptors (Lipinski definition) is 4. The maximum atomic E-state index is 5.91. The van der Waals surface area contributed by atoms with Gasteiger partial charge >= 0.3 is 0 Å². The van der Waals surface area contributed by atoms with Gasteiger partial charge in [-0.2, -0.15) is 0 Å². The van der Waals surface area contributed by atoms with Crippen LogP contribution in [-0.2, 0) is 6.54 Å². The molecule has 1 aliphatic heterocycles. The molecule has 4 heteroatoms. The summed E-state index contributed by atoms with van der Waals surface area (Å²) in [5.74, 6) is 0.968. The van der Waals surface area contributed by atoms with Crippen molar-refractivity contribution in [2.45, 2.75) is 26.5 Å². The lowest BCUT2D eigenvalue weighted by Gasteiger charge is -2.35. The zero-order valence-electron chi connectivity index (χ0n) is 11.2. The van der Waals surface area contributed by atoms with Gasteiger partial charge in [-0.1, -0.05) is 6.07 Å². The Labute approximate surface area is 113 Å². The number of rotatable bonds is 2. The zero-order chi connectivity index (χ0) is 13.2. The highest BCUT2D eigenvalue weighted by Gasteiger charge is 2.22. The second-order valence-electron chi connectivity index (χ2n) is 5.03. The molecule has 0 bridgehead atoms. The molecule has 0 N–H and O–H groups in total. The summed E-state index contributed by atoms with van der Waals surface area (Å²) in [4.78, 5) is 10.5. The molecule has 0 amide bonds. The highest BCUT2D eigenvalue weighted by molar-refractivity contribution is 5.61. The molecule has 0 saturated carbocycles. The Morgan fingerprint density at radius 2 is 2.11 bits per heavy atom. The van der Waals surface area contributed by atoms with Crippen molar-refractivity contribution in [1.29, 1.82) is 0 Å². The van der Waals surface area contributed by atoms with E-state index in [4.69, 9.17) is 4.74 Å². The van der Waals surface area contributed by atoms with Gasteiger partial charge in [-0.15, -0.1) is 0 Å². The largest absolute Gasteiger partial charge is 0.487 e. The average Bonchev–Trinajstić information content (AvgIpc) is 2.39. The number of benzene rings is 1. The number of aromatic nitrogens is 2. The zero-order valence-corrected chi connectivity index (χ0v) is 11.2. The van der Waals surface area contributed by atoms with E-state index in [2.05, 4.69) is 46.9 Å². The summed E-state index contributed by atoms with van der Waals surface area (Å²) < 4.78 is 5.91. The van der Waals surface area contributed by atoms with Gasteiger partial charge in [-0.3, -0.25) is 0 Å². The molecule has 2 aromatic rings. The van der Waals surface area contributed by atoms with Crippen molar-refractivity contribution in [2.75, 3.05) is 11.4 Å². The van der Waals surface area contributed by atoms with Crippen molar-refractivity contribution in [3.8, 4) is 5.75 Å². The van der Waals surface area contributed by atoms with Gasteiger partial charge in [0.2, 0.25) is 0 Å². The molecule has 0 unspecified atom stereocenters. The Bertz CT molecular complexity index is 571. The van der Waals surface area contributed by atoms with Gasteiger partial charge < -0.3 is 9.64 Å². The van der Waals surface area contributed by atoms with E-state index in [0.717, 1.165) is 30.1 Å². The summed E-state index contributed by atoms with van der Waals surface area (Å²) in [5.41, 5.74) is 3.48. The molecule has 98 valence electrons. The Hall–Kier alpha value is -2.10. The Morgan fingerprint density at radius 1 is 1.32 bits per heavy atom. The van der Waals surface area contributed by atoms with Gasteiger partial charge in [0.15, 0.2) is 0 Å². The number of ether oxygens (including phenoxy) is 1. The normalized spacial score (nSPS) is 17.8. The molecule has 0 fully saturated rings. The van der Waals surface area contributed by atoms with Crippen LogP contribution < -0.4 is 9.64 Å². The smallest absolute Gasteiger partial charge is 0.143 e. The highest BCUT2D eigenvalue weighted by atomic mass is 16.5. The van der Waals surface area contributed by atoms with E-state index in [1.807, 2.05) is 12.4 Å². The van der Waals surface area contributed by atoms with E-state index in [9.17, 15) is 0 Å². The van der Waals surface area contributed by atoms with Gasteiger partial charge in [0.1, 0.15) is 18.2 Å². The predicted molar refractivity (Wildman–Crippen MR) is 74.4 cm³/mol. The third-order valence-electron chi connectivity index (χ3n) is 3.25. The lowest BCUT2D eigenvalue weighted by Crippen LogP contribution is -2.38. The topological polar surface area (TPSA) is 38.2 Å².